The quantitative estimate of drug-likeness (QED) is 0.280. The molecule has 202 valence electrons. The van der Waals surface area contributed by atoms with E-state index in [9.17, 15) is 24.0 Å². The van der Waals surface area contributed by atoms with Gasteiger partial charge in [0.15, 0.2) is 0 Å². The van der Waals surface area contributed by atoms with Gasteiger partial charge in [0.2, 0.25) is 16.7 Å². The summed E-state index contributed by atoms with van der Waals surface area (Å²) < 4.78 is 5.06. The maximum absolute atomic E-state index is 13.3. The summed E-state index contributed by atoms with van der Waals surface area (Å²) in [5.41, 5.74) is 2.72. The van der Waals surface area contributed by atoms with E-state index in [1.54, 1.807) is 0 Å². The number of hydrogen-bond acceptors (Lipinski definition) is 8. The van der Waals surface area contributed by atoms with Gasteiger partial charge in [0.25, 0.3) is 5.91 Å². The molecular weight excluding hydrogens is 520 g/mol. The number of carbonyl (C=O) groups is 5. The van der Waals surface area contributed by atoms with Crippen LogP contribution in [0.15, 0.2) is 59.7 Å². The van der Waals surface area contributed by atoms with Crippen LogP contribution in [0.1, 0.15) is 23.1 Å². The van der Waals surface area contributed by atoms with E-state index in [0.717, 1.165) is 33.5 Å². The van der Waals surface area contributed by atoms with Crippen molar-refractivity contribution in [2.75, 3.05) is 26.7 Å². The van der Waals surface area contributed by atoms with Crippen molar-refractivity contribution >= 4 is 47.5 Å². The fourth-order valence-electron chi connectivity index (χ4n) is 5.07. The van der Waals surface area contributed by atoms with Crippen LogP contribution in [0, 0.1) is 12.8 Å². The maximum Gasteiger partial charge on any atom is 0.344 e. The van der Waals surface area contributed by atoms with Gasteiger partial charge in [-0.3, -0.25) is 19.2 Å². The number of ketones is 1. The van der Waals surface area contributed by atoms with Gasteiger partial charge in [-0.25, -0.2) is 9.80 Å². The molecule has 1 unspecified atom stereocenters. The molecule has 3 atom stereocenters. The van der Waals surface area contributed by atoms with Gasteiger partial charge in [-0.2, -0.15) is 5.10 Å². The number of hydrazone groups is 1. The first-order valence-corrected chi connectivity index (χ1v) is 13.4. The summed E-state index contributed by atoms with van der Waals surface area (Å²) in [6.45, 7) is 1.11. The molecule has 0 N–H and O–H groups in total. The Labute approximate surface area is 229 Å². The average molecular weight is 549 g/mol. The summed E-state index contributed by atoms with van der Waals surface area (Å²) >= 11 is 1.10. The van der Waals surface area contributed by atoms with Crippen molar-refractivity contribution in [2.45, 2.75) is 30.0 Å². The number of ether oxygens (including phenoxy) is 1. The summed E-state index contributed by atoms with van der Waals surface area (Å²) in [5.74, 6) is -2.61. The monoisotopic (exact) mass is 548 g/mol. The van der Waals surface area contributed by atoms with Gasteiger partial charge >= 0.3 is 5.97 Å². The van der Waals surface area contributed by atoms with E-state index in [0.29, 0.717) is 0 Å². The number of rotatable bonds is 8. The van der Waals surface area contributed by atoms with Crippen LogP contribution in [0.3, 0.4) is 0 Å². The minimum atomic E-state index is -1.58. The van der Waals surface area contributed by atoms with Crippen LogP contribution < -0.4 is 0 Å². The van der Waals surface area contributed by atoms with Gasteiger partial charge in [0.05, 0.1) is 31.2 Å². The maximum atomic E-state index is 13.3. The first-order chi connectivity index (χ1) is 18.7. The topological polar surface area (TPSA) is 117 Å². The van der Waals surface area contributed by atoms with Crippen molar-refractivity contribution in [3.05, 3.63) is 71.3 Å². The van der Waals surface area contributed by atoms with Crippen molar-refractivity contribution < 1.29 is 28.7 Å². The minimum Gasteiger partial charge on any atom is -0.467 e. The molecule has 3 aliphatic rings. The van der Waals surface area contributed by atoms with Crippen LogP contribution in [-0.4, -0.2) is 87.5 Å². The molecule has 3 aliphatic heterocycles. The van der Waals surface area contributed by atoms with E-state index >= 15 is 0 Å². The zero-order chi connectivity index (χ0) is 27.7. The number of nitrogens with zero attached hydrogens (tertiary/aromatic N) is 4. The van der Waals surface area contributed by atoms with Crippen LogP contribution in [0.25, 0.3) is 0 Å². The number of methoxy groups -OCH3 is 1. The SMILES string of the molecule is COC(=O)[C@@]1(N2CC(=O)N(/N=C/c3ccc(C)cc3)CC2=O)CN2C(=O)[C@@H](CC(=O)Cc3ccccc3)C2S1. The van der Waals surface area contributed by atoms with E-state index in [-0.39, 0.29) is 37.6 Å². The lowest BCUT2D eigenvalue weighted by molar-refractivity contribution is -0.165. The first kappa shape index (κ1) is 26.6. The molecule has 3 fully saturated rings. The number of hydrogen-bond donors (Lipinski definition) is 0. The van der Waals surface area contributed by atoms with Crippen LogP contribution in [0.2, 0.25) is 0 Å². The summed E-state index contributed by atoms with van der Waals surface area (Å²) in [6, 6.07) is 16.8. The summed E-state index contributed by atoms with van der Waals surface area (Å²) in [7, 11) is 1.21. The predicted molar refractivity (Wildman–Crippen MR) is 143 cm³/mol. The number of esters is 1. The van der Waals surface area contributed by atoms with Gasteiger partial charge in [-0.1, -0.05) is 71.9 Å². The number of piperazine rings is 1. The van der Waals surface area contributed by atoms with Crippen molar-refractivity contribution in [1.29, 1.82) is 0 Å². The molecule has 3 amide bonds. The number of fused-ring (bicyclic) bond motifs is 1. The number of benzene rings is 2. The lowest BCUT2D eigenvalue weighted by Gasteiger charge is -2.41. The van der Waals surface area contributed by atoms with Crippen LogP contribution in [0.5, 0.6) is 0 Å². The summed E-state index contributed by atoms with van der Waals surface area (Å²) in [6.07, 6.45) is 1.75. The Bertz CT molecular complexity index is 1350. The molecule has 5 rings (SSSR count). The molecule has 39 heavy (non-hydrogen) atoms. The Balaban J connectivity index is 1.29. The highest BCUT2D eigenvalue weighted by molar-refractivity contribution is 8.02. The van der Waals surface area contributed by atoms with Gasteiger partial charge in [0.1, 0.15) is 18.9 Å². The van der Waals surface area contributed by atoms with Gasteiger partial charge in [-0.05, 0) is 18.1 Å². The molecule has 0 radical (unpaired) electrons. The normalized spacial score (nSPS) is 24.7. The van der Waals surface area contributed by atoms with Gasteiger partial charge in [0, 0.05) is 12.8 Å². The summed E-state index contributed by atoms with van der Waals surface area (Å²) in [4.78, 5) is 66.2. The van der Waals surface area contributed by atoms with Crippen LogP contribution in [-0.2, 0) is 35.1 Å². The second kappa shape index (κ2) is 10.6. The molecule has 0 aliphatic carbocycles. The second-order valence-corrected chi connectivity index (χ2v) is 11.2. The number of carbonyl (C=O) groups excluding carboxylic acids is 5. The highest BCUT2D eigenvalue weighted by Gasteiger charge is 2.66. The molecule has 0 saturated carbocycles. The molecule has 0 bridgehead atoms. The van der Waals surface area contributed by atoms with Crippen molar-refractivity contribution in [3.63, 3.8) is 0 Å². The van der Waals surface area contributed by atoms with Crippen molar-refractivity contribution in [1.82, 2.24) is 14.8 Å². The van der Waals surface area contributed by atoms with E-state index < -0.39 is 40.5 Å². The largest absolute Gasteiger partial charge is 0.467 e. The van der Waals surface area contributed by atoms with Crippen molar-refractivity contribution in [2.24, 2.45) is 11.0 Å². The Kier molecular flexibility index (Phi) is 7.26. The average Bonchev–Trinajstić information content (AvgIpc) is 3.30. The molecule has 3 heterocycles. The number of amides is 3. The molecule has 3 saturated heterocycles. The second-order valence-electron chi connectivity index (χ2n) is 9.85. The lowest BCUT2D eigenvalue weighted by atomic mass is 9.90. The number of β-lactam (4-membered cyclic amide) rings is 1. The van der Waals surface area contributed by atoms with E-state index in [2.05, 4.69) is 5.10 Å². The highest BCUT2D eigenvalue weighted by Crippen LogP contribution is 2.52. The lowest BCUT2D eigenvalue weighted by Crippen LogP contribution is -2.64. The Hall–Kier alpha value is -3.99. The summed E-state index contributed by atoms with van der Waals surface area (Å²) in [5, 5.41) is 4.79. The third-order valence-corrected chi connectivity index (χ3v) is 8.91. The molecule has 2 aromatic rings. The predicted octanol–water partition coefficient (Wildman–Crippen LogP) is 1.60. The highest BCUT2D eigenvalue weighted by atomic mass is 32.2. The van der Waals surface area contributed by atoms with Crippen molar-refractivity contribution in [3.8, 4) is 0 Å². The third kappa shape index (κ3) is 5.06. The Morgan fingerprint density at radius 2 is 1.77 bits per heavy atom. The minimum absolute atomic E-state index is 0.0352. The Morgan fingerprint density at radius 1 is 1.05 bits per heavy atom. The molecule has 2 aromatic carbocycles. The zero-order valence-corrected chi connectivity index (χ0v) is 22.4. The van der Waals surface area contributed by atoms with Crippen LogP contribution in [0.4, 0.5) is 0 Å². The van der Waals surface area contributed by atoms with Crippen LogP contribution >= 0.6 is 11.8 Å². The zero-order valence-electron chi connectivity index (χ0n) is 21.6. The Morgan fingerprint density at radius 3 is 2.46 bits per heavy atom. The van der Waals surface area contributed by atoms with E-state index in [4.69, 9.17) is 4.74 Å². The van der Waals surface area contributed by atoms with E-state index in [1.165, 1.54) is 23.1 Å². The number of aryl methyl sites for hydroxylation is 1. The molecular formula is C28H28N4O6S. The first-order valence-electron chi connectivity index (χ1n) is 12.6. The van der Waals surface area contributed by atoms with Gasteiger partial charge in [-0.15, -0.1) is 0 Å². The standard InChI is InChI=1S/C28H28N4O6S/c1-18-8-10-20(11-9-18)14-29-32-16-23(34)31(15-24(32)35)28(27(37)38-2)17-30-25(36)22(26(30)39-28)13-21(33)12-19-6-4-3-5-7-19/h3-11,14,22,26H,12-13,15-17H2,1-2H3/b29-14+/t22-,26?,28-/m1/s1. The molecule has 11 heteroatoms. The molecule has 0 aromatic heterocycles. The third-order valence-electron chi connectivity index (χ3n) is 7.17. The van der Waals surface area contributed by atoms with Gasteiger partial charge < -0.3 is 14.5 Å². The smallest absolute Gasteiger partial charge is 0.344 e. The number of thioether (sulfide) groups is 1. The molecule has 10 nitrogen and oxygen atoms in total. The van der Waals surface area contributed by atoms with E-state index in [1.807, 2.05) is 61.5 Å². The fourth-order valence-corrected chi connectivity index (χ4v) is 6.84. The fraction of sp³-hybridized carbons (Fsp3) is 0.357. The number of Topliss-reactive ketones (excluding diaryl/α,β-unsaturated/α-hetero) is 1. The molecule has 0 spiro atoms.